The molecule has 6 nitrogen and oxygen atoms in total. The molecular weight excluding hydrogens is 363 g/mol. The van der Waals surface area contributed by atoms with Gasteiger partial charge < -0.3 is 14.2 Å². The lowest BCUT2D eigenvalue weighted by Gasteiger charge is -2.36. The molecule has 1 spiro atoms. The first-order valence-electron chi connectivity index (χ1n) is 10.1. The molecule has 0 N–H and O–H groups in total. The monoisotopic (exact) mass is 392 g/mol. The summed E-state index contributed by atoms with van der Waals surface area (Å²) in [6, 6.07) is 5.00. The van der Waals surface area contributed by atoms with Crippen LogP contribution in [0.25, 0.3) is 0 Å². The molecule has 3 saturated heterocycles. The molecule has 3 aliphatic rings. The van der Waals surface area contributed by atoms with Crippen LogP contribution in [0.1, 0.15) is 24.8 Å². The lowest BCUT2D eigenvalue weighted by Crippen LogP contribution is -2.43. The van der Waals surface area contributed by atoms with Gasteiger partial charge in [0.05, 0.1) is 25.7 Å². The number of ether oxygens (including phenoxy) is 3. The first-order valence-corrected chi connectivity index (χ1v) is 10.1. The van der Waals surface area contributed by atoms with Gasteiger partial charge in [-0.05, 0) is 43.6 Å². The summed E-state index contributed by atoms with van der Waals surface area (Å²) in [6.07, 6.45) is 2.47. The van der Waals surface area contributed by atoms with E-state index in [0.29, 0.717) is 0 Å². The van der Waals surface area contributed by atoms with Crippen molar-refractivity contribution in [2.75, 3.05) is 53.0 Å². The molecule has 3 aliphatic heterocycles. The summed E-state index contributed by atoms with van der Waals surface area (Å²) < 4.78 is 29.8. The predicted molar refractivity (Wildman–Crippen MR) is 102 cm³/mol. The van der Waals surface area contributed by atoms with Crippen molar-refractivity contribution in [3.8, 4) is 5.75 Å². The van der Waals surface area contributed by atoms with E-state index < -0.39 is 0 Å². The summed E-state index contributed by atoms with van der Waals surface area (Å²) in [6.45, 7) is 6.59. The number of cyclic esters (lactones) is 1. The Kier molecular flexibility index (Phi) is 5.85. The second kappa shape index (κ2) is 8.35. The van der Waals surface area contributed by atoms with E-state index in [1.807, 2.05) is 0 Å². The molecule has 154 valence electrons. The highest BCUT2D eigenvalue weighted by Gasteiger charge is 2.50. The van der Waals surface area contributed by atoms with Gasteiger partial charge in [0.1, 0.15) is 6.10 Å². The van der Waals surface area contributed by atoms with Gasteiger partial charge >= 0.3 is 5.97 Å². The molecule has 1 atom stereocenters. The van der Waals surface area contributed by atoms with Crippen LogP contribution in [0.2, 0.25) is 0 Å². The molecule has 1 unspecified atom stereocenters. The minimum atomic E-state index is -0.344. The summed E-state index contributed by atoms with van der Waals surface area (Å²) in [5.74, 6) is -0.0889. The van der Waals surface area contributed by atoms with Crippen molar-refractivity contribution in [3.05, 3.63) is 29.6 Å². The fourth-order valence-corrected chi connectivity index (χ4v) is 4.62. The quantitative estimate of drug-likeness (QED) is 0.715. The van der Waals surface area contributed by atoms with E-state index in [2.05, 4.69) is 9.80 Å². The lowest BCUT2D eigenvalue weighted by molar-refractivity contribution is -0.151. The standard InChI is InChI=1S/C21H29FN2O4/c1-26-19-12-16(2-3-18(19)22)14-23-6-4-21(5-7-23)13-17(28-20(21)25)15-24-8-10-27-11-9-24/h2-3,12,17H,4-11,13-15H2,1H3. The Balaban J connectivity index is 1.31. The molecule has 7 heteroatoms. The normalized spacial score (nSPS) is 25.8. The van der Waals surface area contributed by atoms with Gasteiger partial charge in [-0.1, -0.05) is 6.07 Å². The molecule has 0 saturated carbocycles. The summed E-state index contributed by atoms with van der Waals surface area (Å²) in [4.78, 5) is 17.3. The molecule has 4 rings (SSSR count). The number of nitrogens with zero attached hydrogens (tertiary/aromatic N) is 2. The van der Waals surface area contributed by atoms with Gasteiger partial charge in [-0.25, -0.2) is 4.39 Å². The van der Waals surface area contributed by atoms with Crippen molar-refractivity contribution in [2.24, 2.45) is 5.41 Å². The molecule has 0 radical (unpaired) electrons. The maximum absolute atomic E-state index is 13.6. The Hall–Kier alpha value is -1.70. The third-order valence-corrected chi connectivity index (χ3v) is 6.33. The largest absolute Gasteiger partial charge is 0.494 e. The Morgan fingerprint density at radius 1 is 1.18 bits per heavy atom. The van der Waals surface area contributed by atoms with E-state index in [4.69, 9.17) is 14.2 Å². The third kappa shape index (κ3) is 4.16. The number of likely N-dealkylation sites (tertiary alicyclic amines) is 1. The Labute approximate surface area is 165 Å². The minimum Gasteiger partial charge on any atom is -0.494 e. The zero-order chi connectivity index (χ0) is 19.6. The van der Waals surface area contributed by atoms with E-state index in [0.717, 1.165) is 77.3 Å². The Bertz CT molecular complexity index is 700. The number of hydrogen-bond donors (Lipinski definition) is 0. The van der Waals surface area contributed by atoms with Crippen LogP contribution in [-0.4, -0.2) is 74.9 Å². The van der Waals surface area contributed by atoms with Crippen molar-refractivity contribution in [1.29, 1.82) is 0 Å². The van der Waals surface area contributed by atoms with E-state index >= 15 is 0 Å². The second-order valence-corrected chi connectivity index (χ2v) is 8.17. The summed E-state index contributed by atoms with van der Waals surface area (Å²) in [5.41, 5.74) is 0.696. The van der Waals surface area contributed by atoms with E-state index in [-0.39, 0.29) is 29.1 Å². The van der Waals surface area contributed by atoms with E-state index in [1.54, 1.807) is 12.1 Å². The van der Waals surface area contributed by atoms with Gasteiger partial charge in [0.15, 0.2) is 11.6 Å². The van der Waals surface area contributed by atoms with Crippen molar-refractivity contribution in [3.63, 3.8) is 0 Å². The molecule has 0 bridgehead atoms. The highest BCUT2D eigenvalue weighted by atomic mass is 19.1. The molecule has 0 amide bonds. The predicted octanol–water partition coefficient (Wildman–Crippen LogP) is 2.06. The summed E-state index contributed by atoms with van der Waals surface area (Å²) in [7, 11) is 1.48. The molecule has 3 fully saturated rings. The number of hydrogen-bond acceptors (Lipinski definition) is 6. The Morgan fingerprint density at radius 3 is 2.64 bits per heavy atom. The number of halogens is 1. The maximum Gasteiger partial charge on any atom is 0.312 e. The average molecular weight is 392 g/mol. The van der Waals surface area contributed by atoms with Crippen LogP contribution in [0, 0.1) is 11.2 Å². The molecule has 28 heavy (non-hydrogen) atoms. The van der Waals surface area contributed by atoms with Crippen LogP contribution in [0.5, 0.6) is 5.75 Å². The van der Waals surface area contributed by atoms with Crippen LogP contribution in [0.3, 0.4) is 0 Å². The van der Waals surface area contributed by atoms with Crippen LogP contribution >= 0.6 is 0 Å². The number of benzene rings is 1. The van der Waals surface area contributed by atoms with Gasteiger partial charge in [-0.15, -0.1) is 0 Å². The second-order valence-electron chi connectivity index (χ2n) is 8.17. The van der Waals surface area contributed by atoms with E-state index in [9.17, 15) is 9.18 Å². The summed E-state index contributed by atoms with van der Waals surface area (Å²) in [5, 5.41) is 0. The van der Waals surface area contributed by atoms with Crippen molar-refractivity contribution in [1.82, 2.24) is 9.80 Å². The van der Waals surface area contributed by atoms with Crippen molar-refractivity contribution < 1.29 is 23.4 Å². The number of carbonyl (C=O) groups is 1. The zero-order valence-electron chi connectivity index (χ0n) is 16.5. The number of methoxy groups -OCH3 is 1. The fourth-order valence-electron chi connectivity index (χ4n) is 4.62. The molecular formula is C21H29FN2O4. The highest BCUT2D eigenvalue weighted by molar-refractivity contribution is 5.79. The van der Waals surface area contributed by atoms with E-state index in [1.165, 1.54) is 13.2 Å². The molecule has 0 aliphatic carbocycles. The highest BCUT2D eigenvalue weighted by Crippen LogP contribution is 2.43. The molecule has 1 aromatic rings. The topological polar surface area (TPSA) is 51.2 Å². The molecule has 3 heterocycles. The average Bonchev–Trinajstić information content (AvgIpc) is 3.00. The number of carbonyl (C=O) groups excluding carboxylic acids is 1. The van der Waals surface area contributed by atoms with Crippen molar-refractivity contribution in [2.45, 2.75) is 31.9 Å². The van der Waals surface area contributed by atoms with Crippen LogP contribution in [-0.2, 0) is 20.8 Å². The van der Waals surface area contributed by atoms with Gasteiger partial charge in [0.25, 0.3) is 0 Å². The summed E-state index contributed by atoms with van der Waals surface area (Å²) >= 11 is 0. The fraction of sp³-hybridized carbons (Fsp3) is 0.667. The zero-order valence-corrected chi connectivity index (χ0v) is 16.5. The SMILES string of the molecule is COc1cc(CN2CCC3(CC2)CC(CN2CCOCC2)OC3=O)ccc1F. The van der Waals surface area contributed by atoms with Crippen molar-refractivity contribution >= 4 is 5.97 Å². The lowest BCUT2D eigenvalue weighted by atomic mass is 9.76. The van der Waals surface area contributed by atoms with Crippen LogP contribution in [0.4, 0.5) is 4.39 Å². The van der Waals surface area contributed by atoms with Gasteiger partial charge in [-0.3, -0.25) is 14.6 Å². The van der Waals surface area contributed by atoms with Crippen LogP contribution < -0.4 is 4.74 Å². The van der Waals surface area contributed by atoms with Gasteiger partial charge in [-0.2, -0.15) is 0 Å². The first-order chi connectivity index (χ1) is 13.6. The smallest absolute Gasteiger partial charge is 0.312 e. The maximum atomic E-state index is 13.6. The number of esters is 1. The van der Waals surface area contributed by atoms with Gasteiger partial charge in [0.2, 0.25) is 0 Å². The molecule has 1 aromatic carbocycles. The third-order valence-electron chi connectivity index (χ3n) is 6.33. The minimum absolute atomic E-state index is 0.00138. The van der Waals surface area contributed by atoms with Gasteiger partial charge in [0, 0.05) is 32.6 Å². The Morgan fingerprint density at radius 2 is 1.93 bits per heavy atom. The number of rotatable bonds is 5. The van der Waals surface area contributed by atoms with Crippen LogP contribution in [0.15, 0.2) is 18.2 Å². The number of morpholine rings is 1. The molecule has 0 aromatic heterocycles. The first kappa shape index (κ1) is 19.6. The number of piperidine rings is 1.